The molecule has 2 heterocycles. The third-order valence-corrected chi connectivity index (χ3v) is 6.02. The van der Waals surface area contributed by atoms with Crippen molar-refractivity contribution in [3.05, 3.63) is 23.8 Å². The average Bonchev–Trinajstić information content (AvgIpc) is 3.32. The van der Waals surface area contributed by atoms with Gasteiger partial charge in [-0.15, -0.1) is 0 Å². The maximum atomic E-state index is 13.0. The average molecular weight is 441 g/mol. The number of likely N-dealkylation sites (tertiary alicyclic amines) is 1. The molecule has 0 bridgehead atoms. The molecule has 1 aromatic carbocycles. The third kappa shape index (κ3) is 6.20. The van der Waals surface area contributed by atoms with Crippen LogP contribution >= 0.6 is 0 Å². The zero-order valence-corrected chi connectivity index (χ0v) is 18.5. The molecule has 2 saturated heterocycles. The molecule has 1 aromatic rings. The number of nitrogens with one attached hydrogen (secondary N) is 2. The number of alkyl halides is 2. The number of hydrogen-bond donors (Lipinski definition) is 2. The molecular weight excluding hydrogens is 406 g/mol. The van der Waals surface area contributed by atoms with Crippen LogP contribution in [0.15, 0.2) is 23.2 Å². The number of guanidine groups is 1. The molecule has 0 spiro atoms. The normalized spacial score (nSPS) is 19.5. The van der Waals surface area contributed by atoms with Gasteiger partial charge >= 0.3 is 6.61 Å². The Hall–Kier alpha value is -2.13. The van der Waals surface area contributed by atoms with Crippen LogP contribution in [0.5, 0.6) is 11.5 Å². The lowest BCUT2D eigenvalue weighted by molar-refractivity contribution is -0.0520. The minimum atomic E-state index is -2.92. The minimum Gasteiger partial charge on any atom is -0.490 e. The van der Waals surface area contributed by atoms with Gasteiger partial charge in [-0.2, -0.15) is 8.78 Å². The molecule has 9 heteroatoms. The fraction of sp³-hybridized carbons (Fsp3) is 0.682. The van der Waals surface area contributed by atoms with Crippen molar-refractivity contribution in [2.75, 3.05) is 46.5 Å². The highest BCUT2D eigenvalue weighted by Gasteiger charge is 2.39. The van der Waals surface area contributed by atoms with Gasteiger partial charge in [0.05, 0.1) is 6.61 Å². The molecule has 0 saturated carbocycles. The Morgan fingerprint density at radius 1 is 1.23 bits per heavy atom. The molecule has 2 N–H and O–H groups in total. The zero-order chi connectivity index (χ0) is 22.1. The van der Waals surface area contributed by atoms with Crippen LogP contribution in [-0.4, -0.2) is 69.5 Å². The van der Waals surface area contributed by atoms with Crippen LogP contribution in [-0.2, 0) is 11.3 Å². The van der Waals surface area contributed by atoms with E-state index in [0.29, 0.717) is 23.9 Å². The summed E-state index contributed by atoms with van der Waals surface area (Å²) in [7, 11) is 1.70. The first-order valence-corrected chi connectivity index (χ1v) is 11.0. The lowest BCUT2D eigenvalue weighted by Crippen LogP contribution is -2.58. The number of aliphatic imine (C=N–C) groups is 1. The van der Waals surface area contributed by atoms with Gasteiger partial charge in [-0.3, -0.25) is 9.89 Å². The molecule has 0 aromatic heterocycles. The highest BCUT2D eigenvalue weighted by molar-refractivity contribution is 5.79. The standard InChI is InChI=1S/C22H34F2N4O3/c1-3-30-18-8-6-7-17(19(18)31-20(23)24)15-26-21(25-2)27-16-22(9-13-29-14-10-22)28-11-4-5-12-28/h6-8,20H,3-5,9-16H2,1-2H3,(H2,25,26,27). The molecule has 0 aliphatic carbocycles. The second-order valence-corrected chi connectivity index (χ2v) is 7.87. The van der Waals surface area contributed by atoms with Crippen molar-refractivity contribution in [3.63, 3.8) is 0 Å². The van der Waals surface area contributed by atoms with Crippen molar-refractivity contribution in [1.29, 1.82) is 0 Å². The Labute approximate surface area is 183 Å². The van der Waals surface area contributed by atoms with Gasteiger partial charge in [-0.05, 0) is 51.8 Å². The third-order valence-electron chi connectivity index (χ3n) is 6.02. The monoisotopic (exact) mass is 440 g/mol. The topological polar surface area (TPSA) is 67.4 Å². The van der Waals surface area contributed by atoms with Gasteiger partial charge in [0.1, 0.15) is 0 Å². The van der Waals surface area contributed by atoms with Crippen LogP contribution in [0.3, 0.4) is 0 Å². The number of hydrogen-bond acceptors (Lipinski definition) is 5. The van der Waals surface area contributed by atoms with E-state index in [2.05, 4.69) is 20.5 Å². The predicted octanol–water partition coefficient (Wildman–Crippen LogP) is 3.00. The SMILES string of the molecule is CCOc1cccc(CNC(=NC)NCC2(N3CCCC3)CCOCC2)c1OC(F)F. The molecule has 0 atom stereocenters. The summed E-state index contributed by atoms with van der Waals surface area (Å²) in [5.41, 5.74) is 0.639. The molecular formula is C22H34F2N4O3. The summed E-state index contributed by atoms with van der Waals surface area (Å²) in [5.74, 6) is 0.982. The van der Waals surface area contributed by atoms with Crippen LogP contribution in [0.2, 0.25) is 0 Å². The van der Waals surface area contributed by atoms with Gasteiger partial charge < -0.3 is 24.8 Å². The fourth-order valence-electron chi connectivity index (χ4n) is 4.39. The summed E-state index contributed by atoms with van der Waals surface area (Å²) < 4.78 is 41.7. The van der Waals surface area contributed by atoms with E-state index in [1.54, 1.807) is 32.2 Å². The van der Waals surface area contributed by atoms with Gasteiger partial charge in [0.15, 0.2) is 17.5 Å². The highest BCUT2D eigenvalue weighted by atomic mass is 19.3. The minimum absolute atomic E-state index is 0.0558. The number of ether oxygens (including phenoxy) is 3. The summed E-state index contributed by atoms with van der Waals surface area (Å²) in [5, 5.41) is 6.67. The quantitative estimate of drug-likeness (QED) is 0.455. The summed E-state index contributed by atoms with van der Waals surface area (Å²) >= 11 is 0. The molecule has 2 fully saturated rings. The van der Waals surface area contributed by atoms with Crippen molar-refractivity contribution in [3.8, 4) is 11.5 Å². The van der Waals surface area contributed by atoms with Crippen molar-refractivity contribution in [2.24, 2.45) is 4.99 Å². The molecule has 7 nitrogen and oxygen atoms in total. The van der Waals surface area contributed by atoms with Crippen LogP contribution in [0.25, 0.3) is 0 Å². The molecule has 0 unspecified atom stereocenters. The summed E-state index contributed by atoms with van der Waals surface area (Å²) in [6.45, 7) is 4.05. The van der Waals surface area contributed by atoms with Crippen LogP contribution in [0.4, 0.5) is 8.78 Å². The molecule has 31 heavy (non-hydrogen) atoms. The molecule has 0 amide bonds. The number of para-hydroxylation sites is 1. The number of rotatable bonds is 9. The number of nitrogens with zero attached hydrogens (tertiary/aromatic N) is 2. The van der Waals surface area contributed by atoms with Crippen LogP contribution in [0, 0.1) is 0 Å². The zero-order valence-electron chi connectivity index (χ0n) is 18.5. The first-order chi connectivity index (χ1) is 15.1. The fourth-order valence-corrected chi connectivity index (χ4v) is 4.39. The van der Waals surface area contributed by atoms with Crippen LogP contribution in [0.1, 0.15) is 38.2 Å². The second-order valence-electron chi connectivity index (χ2n) is 7.87. The Bertz CT molecular complexity index is 721. The van der Waals surface area contributed by atoms with E-state index in [0.717, 1.165) is 45.7 Å². The largest absolute Gasteiger partial charge is 0.490 e. The maximum Gasteiger partial charge on any atom is 0.387 e. The van der Waals surface area contributed by atoms with Crippen molar-refractivity contribution >= 4 is 5.96 Å². The van der Waals surface area contributed by atoms with Crippen molar-refractivity contribution in [2.45, 2.75) is 51.3 Å². The lowest BCUT2D eigenvalue weighted by Gasteiger charge is -2.45. The van der Waals surface area contributed by atoms with E-state index < -0.39 is 6.61 Å². The number of halogens is 2. The van der Waals surface area contributed by atoms with Gasteiger partial charge in [-0.25, -0.2) is 0 Å². The number of benzene rings is 1. The van der Waals surface area contributed by atoms with E-state index in [4.69, 9.17) is 14.2 Å². The van der Waals surface area contributed by atoms with E-state index in [-0.39, 0.29) is 17.8 Å². The molecule has 0 radical (unpaired) electrons. The Morgan fingerprint density at radius 3 is 2.61 bits per heavy atom. The van der Waals surface area contributed by atoms with Crippen LogP contribution < -0.4 is 20.1 Å². The van der Waals surface area contributed by atoms with Gasteiger partial charge in [0.25, 0.3) is 0 Å². The van der Waals surface area contributed by atoms with E-state index >= 15 is 0 Å². The molecule has 3 rings (SSSR count). The lowest BCUT2D eigenvalue weighted by atomic mass is 9.88. The van der Waals surface area contributed by atoms with Gasteiger partial charge in [-0.1, -0.05) is 12.1 Å². The molecule has 2 aliphatic heterocycles. The first-order valence-electron chi connectivity index (χ1n) is 11.0. The Morgan fingerprint density at radius 2 is 1.97 bits per heavy atom. The maximum absolute atomic E-state index is 13.0. The van der Waals surface area contributed by atoms with Crippen molar-refractivity contribution < 1.29 is 23.0 Å². The van der Waals surface area contributed by atoms with Crippen molar-refractivity contribution in [1.82, 2.24) is 15.5 Å². The van der Waals surface area contributed by atoms with E-state index in [9.17, 15) is 8.78 Å². The summed E-state index contributed by atoms with van der Waals surface area (Å²) in [4.78, 5) is 6.90. The smallest absolute Gasteiger partial charge is 0.387 e. The summed E-state index contributed by atoms with van der Waals surface area (Å²) in [6.07, 6.45) is 4.44. The molecule has 174 valence electrons. The van der Waals surface area contributed by atoms with E-state index in [1.165, 1.54) is 12.8 Å². The first kappa shape index (κ1) is 23.5. The predicted molar refractivity (Wildman–Crippen MR) is 116 cm³/mol. The van der Waals surface area contributed by atoms with Gasteiger partial charge in [0, 0.05) is 44.5 Å². The Kier molecular flexibility index (Phi) is 8.71. The summed E-state index contributed by atoms with van der Waals surface area (Å²) in [6, 6.07) is 5.13. The second kappa shape index (κ2) is 11.5. The van der Waals surface area contributed by atoms with Gasteiger partial charge in [0.2, 0.25) is 0 Å². The molecule has 2 aliphatic rings. The van der Waals surface area contributed by atoms with E-state index in [1.807, 2.05) is 0 Å². The Balaban J connectivity index is 1.64. The highest BCUT2D eigenvalue weighted by Crippen LogP contribution is 2.33.